The molecule has 2 rings (SSSR count). The Balaban J connectivity index is 2.63. The van der Waals surface area contributed by atoms with E-state index in [9.17, 15) is 9.59 Å². The second kappa shape index (κ2) is 42.4. The van der Waals surface area contributed by atoms with Crippen LogP contribution in [0.25, 0.3) is 0 Å². The molecule has 0 saturated carbocycles. The van der Waals surface area contributed by atoms with Crippen molar-refractivity contribution < 1.29 is 95.4 Å². The van der Waals surface area contributed by atoms with E-state index in [0.29, 0.717) is 118 Å². The van der Waals surface area contributed by atoms with Crippen LogP contribution in [0.15, 0.2) is 0 Å². The number of carbonyl (C=O) groups excluding carboxylic acids is 1. The Kier molecular flexibility index (Phi) is 41.3. The van der Waals surface area contributed by atoms with Crippen LogP contribution < -0.4 is 5.32 Å². The molecule has 2 saturated heterocycles. The van der Waals surface area contributed by atoms with Crippen molar-refractivity contribution >= 4 is 121 Å². The monoisotopic (exact) mass is 1560 g/mol. The summed E-state index contributed by atoms with van der Waals surface area (Å²) < 4.78 is 126. The maximum atomic E-state index is 15.1. The van der Waals surface area contributed by atoms with Crippen LogP contribution in [0.4, 0.5) is 0 Å². The lowest BCUT2D eigenvalue weighted by Gasteiger charge is -2.48. The summed E-state index contributed by atoms with van der Waals surface area (Å²) >= 11 is 0. The molecule has 556 valence electrons. The molecule has 2 fully saturated rings. The van der Waals surface area contributed by atoms with Gasteiger partial charge in [0.2, 0.25) is 5.91 Å². The van der Waals surface area contributed by atoms with E-state index in [-0.39, 0.29) is 47.3 Å². The van der Waals surface area contributed by atoms with E-state index in [2.05, 4.69) is 128 Å². The van der Waals surface area contributed by atoms with E-state index < -0.39 is 121 Å². The predicted octanol–water partition coefficient (Wildman–Crippen LogP) is 12.7. The molecular weight excluding hydrogens is 1430 g/mol. The molecule has 1 amide bonds. The Hall–Kier alpha value is 1.45. The molecule has 4 atom stereocenters. The van der Waals surface area contributed by atoms with Gasteiger partial charge in [-0.15, -0.1) is 0 Å². The molecule has 0 aromatic heterocycles. The smallest absolute Gasteiger partial charge is 0.455 e. The molecule has 2 heterocycles. The topological polar surface area (TPSA) is 245 Å². The predicted molar refractivity (Wildman–Crippen MR) is 395 cm³/mol. The number of hydrogen-bond acceptors (Lipinski definition) is 22. The van der Waals surface area contributed by atoms with E-state index in [1.807, 2.05) is 0 Å². The Morgan fingerprint density at radius 2 is 0.766 bits per heavy atom. The molecule has 0 aliphatic carbocycles. The quantitative estimate of drug-likeness (QED) is 0.0378. The van der Waals surface area contributed by atoms with Gasteiger partial charge in [0.05, 0.1) is 0 Å². The average Bonchev–Trinajstić information content (AvgIpc) is 0.761. The first-order chi connectivity index (χ1) is 43.6. The van der Waals surface area contributed by atoms with Crippen molar-refractivity contribution in [1.82, 2.24) is 5.32 Å². The molecule has 0 aromatic rings. The number of amides is 1. The van der Waals surface area contributed by atoms with Gasteiger partial charge in [0.1, 0.15) is 0 Å². The first-order valence-electron chi connectivity index (χ1n) is 34.7. The highest BCUT2D eigenvalue weighted by Crippen LogP contribution is 2.43. The van der Waals surface area contributed by atoms with Gasteiger partial charge in [0.15, 0.2) is 16.6 Å². The SMILES string of the molecule is CO[Si](CCCC(CCC[Si](OC)(OC)OC)(CCC[Si](OC)(OC)OC)C(=O)NCCC[Si](C)(C)O[Si](C)(C)CCC[Si]1O[Si](O)(CC(C)C)O[Si](CC(C)C)O[Si](CC(C)C)(O[Si]2(CC(C)C)O[Si](CC(C)C)O[Si](CC(C)C)O[Si](O)(CC(C)C)O2)O1)(OC)OC. The second-order valence-electron chi connectivity index (χ2n) is 29.9. The summed E-state index contributed by atoms with van der Waals surface area (Å²) in [7, 11) is -24.0. The fourth-order valence-corrected chi connectivity index (χ4v) is 59.3. The van der Waals surface area contributed by atoms with Gasteiger partial charge in [-0.25, -0.2) is 0 Å². The largest absolute Gasteiger partial charge is 0.500 e. The molecule has 4 radical (unpaired) electrons. The zero-order valence-corrected chi connectivity index (χ0v) is 76.7. The highest BCUT2D eigenvalue weighted by atomic mass is 28.6. The van der Waals surface area contributed by atoms with Crippen LogP contribution in [-0.2, 0) is 85.8 Å². The minimum absolute atomic E-state index is 0.0160. The number of rotatable bonds is 48. The Morgan fingerprint density at radius 1 is 0.426 bits per heavy atom. The molecule has 36 heteroatoms. The summed E-state index contributed by atoms with van der Waals surface area (Å²) in [5.41, 5.74) is -0.802. The van der Waals surface area contributed by atoms with Crippen LogP contribution in [0, 0.1) is 46.8 Å². The van der Waals surface area contributed by atoms with Crippen molar-refractivity contribution in [2.75, 3.05) is 70.5 Å². The summed E-state index contributed by atoms with van der Waals surface area (Å²) in [6.45, 7) is 39.3. The molecule has 23 nitrogen and oxygen atoms in total. The minimum atomic E-state index is -4.08. The molecule has 3 N–H and O–H groups in total. The van der Waals surface area contributed by atoms with Gasteiger partial charge in [-0.1, -0.05) is 103 Å². The van der Waals surface area contributed by atoms with Gasteiger partial charge in [-0.05, 0) is 149 Å². The average molecular weight is 1560 g/mol. The molecule has 0 spiro atoms. The molecule has 2 aliphatic rings. The van der Waals surface area contributed by atoms with Gasteiger partial charge in [0.25, 0.3) is 0 Å². The Bertz CT molecular complexity index is 2010. The molecule has 0 aromatic carbocycles. The zero-order valence-electron chi connectivity index (χ0n) is 63.7. The first kappa shape index (κ1) is 91.5. The third kappa shape index (κ3) is 32.2. The molecule has 0 bridgehead atoms. The fraction of sp³-hybridized carbons (Fsp3) is 0.983. The van der Waals surface area contributed by atoms with Crippen molar-refractivity contribution in [2.45, 2.75) is 253 Å². The lowest BCUT2D eigenvalue weighted by atomic mass is 9.74. The van der Waals surface area contributed by atoms with E-state index in [1.165, 1.54) is 0 Å². The second-order valence-corrected chi connectivity index (χ2v) is 67.3. The van der Waals surface area contributed by atoms with Crippen molar-refractivity contribution in [3.05, 3.63) is 0 Å². The Labute approximate surface area is 588 Å². The van der Waals surface area contributed by atoms with Crippen LogP contribution in [0.3, 0.4) is 0 Å². The third-order valence-electron chi connectivity index (χ3n) is 16.5. The van der Waals surface area contributed by atoms with Gasteiger partial charge >= 0.3 is 98.8 Å². The van der Waals surface area contributed by atoms with E-state index in [4.69, 9.17) is 81.0 Å². The van der Waals surface area contributed by atoms with E-state index in [0.717, 1.165) is 18.5 Å². The lowest BCUT2D eigenvalue weighted by molar-refractivity contribution is -0.132. The maximum Gasteiger partial charge on any atom is 0.500 e. The highest BCUT2D eigenvalue weighted by Gasteiger charge is 2.65. The maximum absolute atomic E-state index is 15.1. The van der Waals surface area contributed by atoms with Crippen LogP contribution in [0.2, 0.25) is 105 Å². The van der Waals surface area contributed by atoms with Crippen molar-refractivity contribution in [3.63, 3.8) is 0 Å². The minimum Gasteiger partial charge on any atom is -0.455 e. The summed E-state index contributed by atoms with van der Waals surface area (Å²) in [6.07, 6.45) is 5.00. The Morgan fingerprint density at radius 3 is 1.17 bits per heavy atom. The normalized spacial score (nSPS) is 23.0. The summed E-state index contributed by atoms with van der Waals surface area (Å²) in [4.78, 5) is 40.8. The van der Waals surface area contributed by atoms with Crippen LogP contribution in [0.5, 0.6) is 0 Å². The molecule has 4 unspecified atom stereocenters. The van der Waals surface area contributed by atoms with Gasteiger partial charge < -0.3 is 95.9 Å². The number of nitrogens with one attached hydrogen (secondary N) is 1. The number of hydrogen-bond donors (Lipinski definition) is 3. The van der Waals surface area contributed by atoms with E-state index >= 15 is 4.79 Å². The summed E-state index contributed by atoms with van der Waals surface area (Å²) in [6, 6.07) is 7.08. The van der Waals surface area contributed by atoms with Gasteiger partial charge in [-0.3, -0.25) is 4.79 Å². The third-order valence-corrected chi connectivity index (χ3v) is 61.9. The summed E-state index contributed by atoms with van der Waals surface area (Å²) in [5.74, 6) is 0.837. The van der Waals surface area contributed by atoms with Crippen LogP contribution in [0.1, 0.15) is 148 Å². The van der Waals surface area contributed by atoms with Crippen LogP contribution in [-0.4, -0.2) is 201 Å². The fourth-order valence-electron chi connectivity index (χ4n) is 12.4. The first-order valence-corrected chi connectivity index (χ1v) is 60.6. The standard InChI is InChI=1S/C58H135NO22Si13/c1-50(2)43-83-72-84(44-51(3)4)77-94(49-56(13)14,80-89(62,74-83)47-54(9)10)81-93(48-55(11)12)76-82(73-88(61,46-53(7)8)75-85(78-93)45-52(5)6)37-32-39-87(26,27)79-86(24,25)38-31-36-59-57(60)58(33-28-40-90(63-15,64-16)65-17,34-29-41-91(66-18,67-19)68-20)35-30-42-92(69-21,70-22)71-23/h50-56,61-62H,28-49H2,1-27H3,(H,59,60). The van der Waals surface area contributed by atoms with Gasteiger partial charge in [-0.2, -0.15) is 0 Å². The van der Waals surface area contributed by atoms with Crippen LogP contribution >= 0.6 is 0 Å². The van der Waals surface area contributed by atoms with E-state index in [1.54, 1.807) is 64.0 Å². The van der Waals surface area contributed by atoms with Crippen molar-refractivity contribution in [3.8, 4) is 0 Å². The number of carbonyl (C=O) groups is 1. The zero-order chi connectivity index (χ0) is 71.6. The molecule has 2 aliphatic heterocycles. The summed E-state index contributed by atoms with van der Waals surface area (Å²) in [5, 5.41) is 3.42. The molecular formula is C58H135NO22Si13. The highest BCUT2D eigenvalue weighted by molar-refractivity contribution is 6.90. The van der Waals surface area contributed by atoms with Gasteiger partial charge in [0, 0.05) is 118 Å². The van der Waals surface area contributed by atoms with Crippen molar-refractivity contribution in [2.24, 2.45) is 46.8 Å². The molecule has 94 heavy (non-hydrogen) atoms. The lowest BCUT2D eigenvalue weighted by Crippen LogP contribution is -2.71. The van der Waals surface area contributed by atoms with Crippen molar-refractivity contribution in [1.29, 1.82) is 0 Å².